The van der Waals surface area contributed by atoms with Crippen LogP contribution in [0.15, 0.2) is 6.20 Å². The van der Waals surface area contributed by atoms with E-state index >= 15 is 0 Å². The normalized spacial score (nSPS) is 17.6. The molecule has 1 aromatic rings. The molecular formula is C13H23N3O. The summed E-state index contributed by atoms with van der Waals surface area (Å²) in [5.41, 5.74) is 1.26. The van der Waals surface area contributed by atoms with Crippen molar-refractivity contribution in [3.05, 3.63) is 11.9 Å². The van der Waals surface area contributed by atoms with Gasteiger partial charge in [0.2, 0.25) is 0 Å². The Hall–Kier alpha value is -1.03. The Labute approximate surface area is 103 Å². The second-order valence-electron chi connectivity index (χ2n) is 5.10. The number of methoxy groups -OCH3 is 1. The van der Waals surface area contributed by atoms with E-state index in [0.29, 0.717) is 6.04 Å². The van der Waals surface area contributed by atoms with Crippen molar-refractivity contribution < 1.29 is 4.74 Å². The molecule has 0 aliphatic carbocycles. The monoisotopic (exact) mass is 237 g/mol. The van der Waals surface area contributed by atoms with E-state index in [1.807, 2.05) is 6.20 Å². The first kappa shape index (κ1) is 12.4. The van der Waals surface area contributed by atoms with Gasteiger partial charge in [-0.15, -0.1) is 0 Å². The van der Waals surface area contributed by atoms with Gasteiger partial charge in [-0.05, 0) is 52.1 Å². The zero-order valence-electron chi connectivity index (χ0n) is 11.1. The van der Waals surface area contributed by atoms with E-state index in [2.05, 4.69) is 28.9 Å². The van der Waals surface area contributed by atoms with Crippen LogP contribution in [0, 0.1) is 5.92 Å². The second-order valence-corrected chi connectivity index (χ2v) is 5.10. The van der Waals surface area contributed by atoms with Crippen molar-refractivity contribution in [1.82, 2.24) is 15.1 Å². The molecule has 0 atom stereocenters. The molecule has 1 aromatic heterocycles. The standard InChI is InChI=1S/C13H23N3O/c1-10(2)16-12(13(17-3)9-15-16)8-11-4-6-14-7-5-11/h9-11,14H,4-8H2,1-3H3. The Morgan fingerprint density at radius 1 is 1.47 bits per heavy atom. The number of nitrogens with zero attached hydrogens (tertiary/aromatic N) is 2. The van der Waals surface area contributed by atoms with E-state index in [-0.39, 0.29) is 0 Å². The van der Waals surface area contributed by atoms with Gasteiger partial charge in [0.1, 0.15) is 0 Å². The number of rotatable bonds is 4. The maximum Gasteiger partial charge on any atom is 0.159 e. The third kappa shape index (κ3) is 2.80. The molecule has 17 heavy (non-hydrogen) atoms. The molecule has 1 N–H and O–H groups in total. The molecule has 0 aromatic carbocycles. The highest BCUT2D eigenvalue weighted by Crippen LogP contribution is 2.26. The van der Waals surface area contributed by atoms with Crippen LogP contribution < -0.4 is 10.1 Å². The fraction of sp³-hybridized carbons (Fsp3) is 0.769. The fourth-order valence-corrected chi connectivity index (χ4v) is 2.54. The van der Waals surface area contributed by atoms with Crippen LogP contribution in [0.2, 0.25) is 0 Å². The lowest BCUT2D eigenvalue weighted by Crippen LogP contribution is -2.29. The fourth-order valence-electron chi connectivity index (χ4n) is 2.54. The van der Waals surface area contributed by atoms with Gasteiger partial charge in [-0.1, -0.05) is 0 Å². The smallest absolute Gasteiger partial charge is 0.159 e. The maximum atomic E-state index is 5.42. The molecular weight excluding hydrogens is 214 g/mol. The summed E-state index contributed by atoms with van der Waals surface area (Å²) >= 11 is 0. The van der Waals surface area contributed by atoms with Gasteiger partial charge in [0.15, 0.2) is 5.75 Å². The van der Waals surface area contributed by atoms with Crippen molar-refractivity contribution in [3.63, 3.8) is 0 Å². The van der Waals surface area contributed by atoms with Gasteiger partial charge in [0.25, 0.3) is 0 Å². The molecule has 0 unspecified atom stereocenters. The molecule has 1 saturated heterocycles. The summed E-state index contributed by atoms with van der Waals surface area (Å²) in [4.78, 5) is 0. The molecule has 96 valence electrons. The first-order valence-electron chi connectivity index (χ1n) is 6.53. The van der Waals surface area contributed by atoms with Crippen LogP contribution in [0.5, 0.6) is 5.75 Å². The molecule has 2 rings (SSSR count). The Balaban J connectivity index is 2.14. The van der Waals surface area contributed by atoms with Crippen molar-refractivity contribution in [2.24, 2.45) is 5.92 Å². The van der Waals surface area contributed by atoms with E-state index in [0.717, 1.165) is 31.2 Å². The highest BCUT2D eigenvalue weighted by Gasteiger charge is 2.20. The van der Waals surface area contributed by atoms with Crippen LogP contribution in [0.25, 0.3) is 0 Å². The van der Waals surface area contributed by atoms with Crippen LogP contribution in [-0.2, 0) is 6.42 Å². The number of piperidine rings is 1. The number of aromatic nitrogens is 2. The van der Waals surface area contributed by atoms with E-state index < -0.39 is 0 Å². The Morgan fingerprint density at radius 2 is 2.18 bits per heavy atom. The lowest BCUT2D eigenvalue weighted by Gasteiger charge is -2.23. The van der Waals surface area contributed by atoms with Gasteiger partial charge >= 0.3 is 0 Å². The minimum Gasteiger partial charge on any atom is -0.493 e. The molecule has 0 amide bonds. The number of ether oxygens (including phenoxy) is 1. The minimum atomic E-state index is 0.399. The zero-order chi connectivity index (χ0) is 12.3. The molecule has 0 radical (unpaired) electrons. The molecule has 0 spiro atoms. The summed E-state index contributed by atoms with van der Waals surface area (Å²) in [7, 11) is 1.73. The zero-order valence-corrected chi connectivity index (χ0v) is 11.1. The summed E-state index contributed by atoms with van der Waals surface area (Å²) in [5.74, 6) is 1.71. The molecule has 1 aliphatic heterocycles. The molecule has 1 aliphatic rings. The maximum absolute atomic E-state index is 5.42. The van der Waals surface area contributed by atoms with E-state index in [4.69, 9.17) is 4.74 Å². The largest absolute Gasteiger partial charge is 0.493 e. The van der Waals surface area contributed by atoms with Crippen LogP contribution >= 0.6 is 0 Å². The van der Waals surface area contributed by atoms with Crippen LogP contribution in [-0.4, -0.2) is 30.0 Å². The minimum absolute atomic E-state index is 0.399. The Morgan fingerprint density at radius 3 is 2.76 bits per heavy atom. The third-order valence-corrected chi connectivity index (χ3v) is 3.51. The molecule has 2 heterocycles. The van der Waals surface area contributed by atoms with Crippen LogP contribution in [0.4, 0.5) is 0 Å². The first-order valence-corrected chi connectivity index (χ1v) is 6.53. The highest BCUT2D eigenvalue weighted by molar-refractivity contribution is 5.26. The quantitative estimate of drug-likeness (QED) is 0.870. The molecule has 4 heteroatoms. The predicted octanol–water partition coefficient (Wildman–Crippen LogP) is 2.01. The molecule has 4 nitrogen and oxygen atoms in total. The van der Waals surface area contributed by atoms with Gasteiger partial charge in [-0.25, -0.2) is 0 Å². The van der Waals surface area contributed by atoms with Crippen molar-refractivity contribution in [2.75, 3.05) is 20.2 Å². The summed E-state index contributed by atoms with van der Waals surface area (Å²) < 4.78 is 7.52. The summed E-state index contributed by atoms with van der Waals surface area (Å²) in [6.07, 6.45) is 5.44. The number of hydrogen-bond acceptors (Lipinski definition) is 3. The third-order valence-electron chi connectivity index (χ3n) is 3.51. The van der Waals surface area contributed by atoms with Crippen molar-refractivity contribution >= 4 is 0 Å². The van der Waals surface area contributed by atoms with Gasteiger partial charge in [0.05, 0.1) is 19.0 Å². The van der Waals surface area contributed by atoms with Gasteiger partial charge in [0, 0.05) is 6.04 Å². The lowest BCUT2D eigenvalue weighted by atomic mass is 9.93. The van der Waals surface area contributed by atoms with E-state index in [1.165, 1.54) is 18.5 Å². The molecule has 0 saturated carbocycles. The Kier molecular flexibility index (Phi) is 4.05. The SMILES string of the molecule is COc1cnn(C(C)C)c1CC1CCNCC1. The van der Waals surface area contributed by atoms with Crippen molar-refractivity contribution in [2.45, 2.75) is 39.2 Å². The summed E-state index contributed by atoms with van der Waals surface area (Å²) in [6, 6.07) is 0.399. The average Bonchev–Trinajstić information content (AvgIpc) is 2.73. The van der Waals surface area contributed by atoms with Gasteiger partial charge < -0.3 is 10.1 Å². The Bertz CT molecular complexity index is 354. The van der Waals surface area contributed by atoms with Gasteiger partial charge in [-0.2, -0.15) is 5.10 Å². The molecule has 0 bridgehead atoms. The summed E-state index contributed by atoms with van der Waals surface area (Å²) in [6.45, 7) is 6.61. The second kappa shape index (κ2) is 5.54. The number of nitrogens with one attached hydrogen (secondary N) is 1. The predicted molar refractivity (Wildman–Crippen MR) is 68.5 cm³/mol. The average molecular weight is 237 g/mol. The van der Waals surface area contributed by atoms with Crippen LogP contribution in [0.3, 0.4) is 0 Å². The van der Waals surface area contributed by atoms with Gasteiger partial charge in [-0.3, -0.25) is 4.68 Å². The van der Waals surface area contributed by atoms with Crippen molar-refractivity contribution in [3.8, 4) is 5.75 Å². The summed E-state index contributed by atoms with van der Waals surface area (Å²) in [5, 5.41) is 7.83. The van der Waals surface area contributed by atoms with E-state index in [9.17, 15) is 0 Å². The first-order chi connectivity index (χ1) is 8.22. The topological polar surface area (TPSA) is 39.1 Å². The van der Waals surface area contributed by atoms with Crippen LogP contribution in [0.1, 0.15) is 38.4 Å². The number of hydrogen-bond donors (Lipinski definition) is 1. The highest BCUT2D eigenvalue weighted by atomic mass is 16.5. The van der Waals surface area contributed by atoms with E-state index in [1.54, 1.807) is 7.11 Å². The lowest BCUT2D eigenvalue weighted by molar-refractivity contribution is 0.347. The van der Waals surface area contributed by atoms with Crippen molar-refractivity contribution in [1.29, 1.82) is 0 Å². The molecule has 1 fully saturated rings.